The Morgan fingerprint density at radius 3 is 2.00 bits per heavy atom. The second-order valence-electron chi connectivity index (χ2n) is 3.06. The Labute approximate surface area is 100 Å². The van der Waals surface area contributed by atoms with Gasteiger partial charge < -0.3 is 25.4 Å². The molecular formula is C10H16ClNO4. The Bertz CT molecular complexity index is 321. The van der Waals surface area contributed by atoms with Crippen LogP contribution in [0, 0.1) is 0 Å². The van der Waals surface area contributed by atoms with Gasteiger partial charge in [0.15, 0.2) is 11.5 Å². The standard InChI is InChI=1S/C10H15NO4.ClH/c1-14-8-3-6(7(11)5-12)4-9(15-2)10(8)13;/h3-4,7,12-13H,5,11H2,1-2H3;1H/t7-;/m1./s1. The summed E-state index contributed by atoms with van der Waals surface area (Å²) in [5.74, 6) is 0.468. The number of benzene rings is 1. The average molecular weight is 250 g/mol. The van der Waals surface area contributed by atoms with E-state index in [9.17, 15) is 5.11 Å². The molecule has 1 aromatic carbocycles. The highest BCUT2D eigenvalue weighted by Crippen LogP contribution is 2.38. The molecule has 0 radical (unpaired) electrons. The predicted molar refractivity (Wildman–Crippen MR) is 62.5 cm³/mol. The molecule has 0 unspecified atom stereocenters. The second kappa shape index (κ2) is 6.42. The molecule has 0 aromatic heterocycles. The monoisotopic (exact) mass is 249 g/mol. The summed E-state index contributed by atoms with van der Waals surface area (Å²) in [6.07, 6.45) is 0. The van der Waals surface area contributed by atoms with Crippen LogP contribution in [0.4, 0.5) is 0 Å². The number of hydrogen-bond acceptors (Lipinski definition) is 5. The number of hydrogen-bond donors (Lipinski definition) is 3. The van der Waals surface area contributed by atoms with Crippen LogP contribution in [0.1, 0.15) is 11.6 Å². The maximum Gasteiger partial charge on any atom is 0.200 e. The van der Waals surface area contributed by atoms with Gasteiger partial charge in [-0.15, -0.1) is 12.4 Å². The largest absolute Gasteiger partial charge is 0.502 e. The number of phenolic OH excluding ortho intramolecular Hbond substituents is 1. The summed E-state index contributed by atoms with van der Waals surface area (Å²) in [6.45, 7) is -0.183. The van der Waals surface area contributed by atoms with Gasteiger partial charge in [0.05, 0.1) is 26.9 Å². The SMILES string of the molecule is COc1cc([C@H](N)CO)cc(OC)c1O.Cl. The number of rotatable bonds is 4. The molecule has 0 spiro atoms. The fourth-order valence-electron chi connectivity index (χ4n) is 1.23. The molecule has 6 heteroatoms. The zero-order chi connectivity index (χ0) is 11.4. The van der Waals surface area contributed by atoms with Crippen molar-refractivity contribution in [3.63, 3.8) is 0 Å². The maximum atomic E-state index is 9.61. The lowest BCUT2D eigenvalue weighted by Gasteiger charge is -2.14. The van der Waals surface area contributed by atoms with Crippen molar-refractivity contribution in [1.82, 2.24) is 0 Å². The Hall–Kier alpha value is -1.17. The first-order valence-corrected chi connectivity index (χ1v) is 4.45. The van der Waals surface area contributed by atoms with Gasteiger partial charge in [0.2, 0.25) is 5.75 Å². The Morgan fingerprint density at radius 2 is 1.69 bits per heavy atom. The third-order valence-electron chi connectivity index (χ3n) is 2.13. The lowest BCUT2D eigenvalue weighted by molar-refractivity contribution is 0.266. The summed E-state index contributed by atoms with van der Waals surface area (Å²) in [4.78, 5) is 0. The molecule has 0 heterocycles. The van der Waals surface area contributed by atoms with Crippen molar-refractivity contribution in [3.8, 4) is 17.2 Å². The van der Waals surface area contributed by atoms with E-state index in [1.165, 1.54) is 14.2 Å². The highest BCUT2D eigenvalue weighted by molar-refractivity contribution is 5.85. The quantitative estimate of drug-likeness (QED) is 0.736. The molecule has 92 valence electrons. The third kappa shape index (κ3) is 2.91. The summed E-state index contributed by atoms with van der Waals surface area (Å²) in [5.41, 5.74) is 6.29. The molecule has 0 aliphatic carbocycles. The number of aromatic hydroxyl groups is 1. The summed E-state index contributed by atoms with van der Waals surface area (Å²) in [6, 6.07) is 2.62. The third-order valence-corrected chi connectivity index (χ3v) is 2.13. The first kappa shape index (κ1) is 14.8. The molecule has 1 atom stereocenters. The van der Waals surface area contributed by atoms with E-state index in [0.717, 1.165) is 0 Å². The van der Waals surface area contributed by atoms with Gasteiger partial charge in [-0.05, 0) is 17.7 Å². The van der Waals surface area contributed by atoms with Gasteiger partial charge in [0.1, 0.15) is 0 Å². The van der Waals surface area contributed by atoms with Gasteiger partial charge in [-0.25, -0.2) is 0 Å². The van der Waals surface area contributed by atoms with Crippen molar-refractivity contribution in [2.24, 2.45) is 5.73 Å². The van der Waals surface area contributed by atoms with Crippen molar-refractivity contribution in [1.29, 1.82) is 0 Å². The molecule has 0 saturated carbocycles. The topological polar surface area (TPSA) is 84.9 Å². The fourth-order valence-corrected chi connectivity index (χ4v) is 1.23. The van der Waals surface area contributed by atoms with Crippen LogP contribution in [0.5, 0.6) is 17.2 Å². The molecule has 0 aliphatic heterocycles. The number of ether oxygens (including phenoxy) is 2. The van der Waals surface area contributed by atoms with Crippen LogP contribution in [0.2, 0.25) is 0 Å². The molecule has 0 bridgehead atoms. The highest BCUT2D eigenvalue weighted by atomic mass is 35.5. The van der Waals surface area contributed by atoms with Crippen LogP contribution < -0.4 is 15.2 Å². The smallest absolute Gasteiger partial charge is 0.200 e. The minimum atomic E-state index is -0.520. The van der Waals surface area contributed by atoms with Gasteiger partial charge in [-0.2, -0.15) is 0 Å². The van der Waals surface area contributed by atoms with E-state index < -0.39 is 6.04 Å². The second-order valence-corrected chi connectivity index (χ2v) is 3.06. The van der Waals surface area contributed by atoms with E-state index in [1.54, 1.807) is 12.1 Å². The fraction of sp³-hybridized carbons (Fsp3) is 0.400. The van der Waals surface area contributed by atoms with Gasteiger partial charge in [-0.1, -0.05) is 0 Å². The first-order chi connectivity index (χ1) is 7.13. The zero-order valence-corrected chi connectivity index (χ0v) is 9.95. The lowest BCUT2D eigenvalue weighted by Crippen LogP contribution is -2.14. The van der Waals surface area contributed by atoms with Crippen LogP contribution in [0.15, 0.2) is 12.1 Å². The Morgan fingerprint density at radius 1 is 1.25 bits per heavy atom. The van der Waals surface area contributed by atoms with E-state index >= 15 is 0 Å². The first-order valence-electron chi connectivity index (χ1n) is 4.45. The molecule has 0 fully saturated rings. The Balaban J connectivity index is 0.00000225. The molecule has 1 rings (SSSR count). The van der Waals surface area contributed by atoms with E-state index in [4.69, 9.17) is 20.3 Å². The van der Waals surface area contributed by atoms with Gasteiger partial charge in [-0.3, -0.25) is 0 Å². The zero-order valence-electron chi connectivity index (χ0n) is 9.14. The average Bonchev–Trinajstić information content (AvgIpc) is 2.28. The molecule has 5 nitrogen and oxygen atoms in total. The molecular weight excluding hydrogens is 234 g/mol. The minimum Gasteiger partial charge on any atom is -0.502 e. The predicted octanol–water partition coefficient (Wildman–Crippen LogP) is 0.823. The Kier molecular flexibility index (Phi) is 5.95. The molecule has 0 amide bonds. The van der Waals surface area contributed by atoms with Gasteiger partial charge in [0, 0.05) is 0 Å². The molecule has 1 aromatic rings. The van der Waals surface area contributed by atoms with Crippen LogP contribution in [0.25, 0.3) is 0 Å². The minimum absolute atomic E-state index is 0. The van der Waals surface area contributed by atoms with E-state index in [1.807, 2.05) is 0 Å². The molecule has 0 saturated heterocycles. The van der Waals surface area contributed by atoms with Crippen LogP contribution in [0.3, 0.4) is 0 Å². The summed E-state index contributed by atoms with van der Waals surface area (Å²) in [7, 11) is 2.87. The van der Waals surface area contributed by atoms with Crippen molar-refractivity contribution < 1.29 is 19.7 Å². The van der Waals surface area contributed by atoms with Gasteiger partial charge in [0.25, 0.3) is 0 Å². The van der Waals surface area contributed by atoms with E-state index in [2.05, 4.69) is 0 Å². The summed E-state index contributed by atoms with van der Waals surface area (Å²) in [5, 5.41) is 18.5. The number of aliphatic hydroxyl groups excluding tert-OH is 1. The van der Waals surface area contributed by atoms with Gasteiger partial charge >= 0.3 is 0 Å². The number of nitrogens with two attached hydrogens (primary N) is 1. The summed E-state index contributed by atoms with van der Waals surface area (Å²) < 4.78 is 9.91. The molecule has 4 N–H and O–H groups in total. The van der Waals surface area contributed by atoms with Crippen molar-refractivity contribution in [3.05, 3.63) is 17.7 Å². The van der Waals surface area contributed by atoms with E-state index in [-0.39, 0.29) is 36.3 Å². The number of aliphatic hydroxyl groups is 1. The highest BCUT2D eigenvalue weighted by Gasteiger charge is 2.14. The maximum absolute atomic E-state index is 9.61. The van der Waals surface area contributed by atoms with Crippen molar-refractivity contribution in [2.75, 3.05) is 20.8 Å². The molecule has 0 aliphatic rings. The molecule has 16 heavy (non-hydrogen) atoms. The summed E-state index contributed by atoms with van der Waals surface area (Å²) >= 11 is 0. The van der Waals surface area contributed by atoms with Crippen LogP contribution >= 0.6 is 12.4 Å². The normalized spacial score (nSPS) is 11.5. The van der Waals surface area contributed by atoms with Crippen molar-refractivity contribution >= 4 is 12.4 Å². The number of phenols is 1. The lowest BCUT2D eigenvalue weighted by atomic mass is 10.1. The van der Waals surface area contributed by atoms with E-state index in [0.29, 0.717) is 5.56 Å². The van der Waals surface area contributed by atoms with Crippen LogP contribution in [-0.2, 0) is 0 Å². The van der Waals surface area contributed by atoms with Crippen molar-refractivity contribution in [2.45, 2.75) is 6.04 Å². The number of halogens is 1. The van der Waals surface area contributed by atoms with Crippen LogP contribution in [-0.4, -0.2) is 31.0 Å². The number of methoxy groups -OCH3 is 2.